The number of carbonyl (C=O) groups is 1. The normalized spacial score (nSPS) is 11.4. The van der Waals surface area contributed by atoms with Gasteiger partial charge in [0.25, 0.3) is 10.0 Å². The number of carbonyl (C=O) groups excluding carboxylic acids is 1. The summed E-state index contributed by atoms with van der Waals surface area (Å²) >= 11 is 0. The molecule has 0 aliphatic carbocycles. The fourth-order valence-electron chi connectivity index (χ4n) is 2.86. The smallest absolute Gasteiger partial charge is 0.307 e. The standard InChI is InChI=1S/C22H23NO4S/c1-3-4-6-18-10-12-19(13-11-18)23(22(24)21-7-5-16-27-21)28(25,26)20-14-8-17(2)9-15-20/h5,7-16H,3-4,6H2,1-2H3. The van der Waals surface area contributed by atoms with Crippen LogP contribution in [0.5, 0.6) is 0 Å². The Morgan fingerprint density at radius 3 is 2.25 bits per heavy atom. The van der Waals surface area contributed by atoms with E-state index in [1.807, 2.05) is 19.1 Å². The molecule has 6 heteroatoms. The lowest BCUT2D eigenvalue weighted by atomic mass is 10.1. The van der Waals surface area contributed by atoms with E-state index in [4.69, 9.17) is 4.42 Å². The molecule has 5 nitrogen and oxygen atoms in total. The third kappa shape index (κ3) is 4.17. The Hall–Kier alpha value is -2.86. The zero-order valence-electron chi connectivity index (χ0n) is 16.0. The molecular weight excluding hydrogens is 374 g/mol. The second-order valence-corrected chi connectivity index (χ2v) is 8.42. The highest BCUT2D eigenvalue weighted by atomic mass is 32.2. The van der Waals surface area contributed by atoms with E-state index in [-0.39, 0.29) is 16.3 Å². The topological polar surface area (TPSA) is 67.6 Å². The molecule has 0 saturated heterocycles. The highest BCUT2D eigenvalue weighted by Gasteiger charge is 2.33. The van der Waals surface area contributed by atoms with E-state index in [1.165, 1.54) is 24.5 Å². The van der Waals surface area contributed by atoms with E-state index in [0.29, 0.717) is 0 Å². The van der Waals surface area contributed by atoms with Crippen molar-refractivity contribution in [2.45, 2.75) is 38.0 Å². The molecule has 0 unspecified atom stereocenters. The summed E-state index contributed by atoms with van der Waals surface area (Å²) in [6, 6.07) is 16.5. The van der Waals surface area contributed by atoms with Gasteiger partial charge in [-0.15, -0.1) is 0 Å². The van der Waals surface area contributed by atoms with Crippen LogP contribution in [0, 0.1) is 6.92 Å². The number of nitrogens with zero attached hydrogens (tertiary/aromatic N) is 1. The number of amides is 1. The number of hydrogen-bond donors (Lipinski definition) is 0. The first kappa shape index (κ1) is 19.9. The van der Waals surface area contributed by atoms with Crippen LogP contribution in [-0.2, 0) is 16.4 Å². The van der Waals surface area contributed by atoms with Crippen molar-refractivity contribution in [3.8, 4) is 0 Å². The Bertz CT molecular complexity index is 1020. The molecule has 0 bridgehead atoms. The molecule has 2 aromatic carbocycles. The quantitative estimate of drug-likeness (QED) is 0.565. The van der Waals surface area contributed by atoms with Gasteiger partial charge in [-0.3, -0.25) is 4.79 Å². The summed E-state index contributed by atoms with van der Waals surface area (Å²) in [6.07, 6.45) is 4.38. The monoisotopic (exact) mass is 397 g/mol. The van der Waals surface area contributed by atoms with Crippen LogP contribution in [0.2, 0.25) is 0 Å². The highest BCUT2D eigenvalue weighted by molar-refractivity contribution is 7.93. The molecule has 3 aromatic rings. The number of furan rings is 1. The van der Waals surface area contributed by atoms with Gasteiger partial charge in [0.05, 0.1) is 16.8 Å². The molecular formula is C22H23NO4S. The van der Waals surface area contributed by atoms with Crippen LogP contribution in [0.1, 0.15) is 41.4 Å². The van der Waals surface area contributed by atoms with E-state index in [1.54, 1.807) is 30.3 Å². The van der Waals surface area contributed by atoms with Gasteiger partial charge in [0.1, 0.15) is 0 Å². The first-order chi connectivity index (χ1) is 13.4. The largest absolute Gasteiger partial charge is 0.459 e. The number of hydrogen-bond acceptors (Lipinski definition) is 4. The second-order valence-electron chi connectivity index (χ2n) is 6.63. The lowest BCUT2D eigenvalue weighted by Crippen LogP contribution is -2.36. The minimum absolute atomic E-state index is 0.0363. The van der Waals surface area contributed by atoms with Crippen LogP contribution in [0.3, 0.4) is 0 Å². The van der Waals surface area contributed by atoms with Gasteiger partial charge in [-0.25, -0.2) is 8.42 Å². The third-order valence-corrected chi connectivity index (χ3v) is 6.19. The molecule has 28 heavy (non-hydrogen) atoms. The molecule has 0 radical (unpaired) electrons. The van der Waals surface area contributed by atoms with Crippen molar-refractivity contribution < 1.29 is 17.6 Å². The predicted octanol–water partition coefficient (Wildman–Crippen LogP) is 4.97. The van der Waals surface area contributed by atoms with Crippen LogP contribution in [0.25, 0.3) is 0 Å². The zero-order chi connectivity index (χ0) is 20.1. The maximum atomic E-state index is 13.3. The number of anilines is 1. The molecule has 1 amide bonds. The number of sulfonamides is 1. The maximum Gasteiger partial charge on any atom is 0.307 e. The molecule has 0 fully saturated rings. The van der Waals surface area contributed by atoms with Gasteiger partial charge in [-0.05, 0) is 61.7 Å². The van der Waals surface area contributed by atoms with Gasteiger partial charge < -0.3 is 4.42 Å². The summed E-state index contributed by atoms with van der Waals surface area (Å²) in [4.78, 5) is 13.1. The molecule has 3 rings (SSSR count). The van der Waals surface area contributed by atoms with Crippen molar-refractivity contribution in [1.29, 1.82) is 0 Å². The Kier molecular flexibility index (Phi) is 5.99. The molecule has 0 aliphatic heterocycles. The van der Waals surface area contributed by atoms with Gasteiger partial charge in [0.2, 0.25) is 0 Å². The SMILES string of the molecule is CCCCc1ccc(N(C(=O)c2ccco2)S(=O)(=O)c2ccc(C)cc2)cc1. The molecule has 0 spiro atoms. The number of aryl methyl sites for hydroxylation is 2. The van der Waals surface area contributed by atoms with Crippen LogP contribution < -0.4 is 4.31 Å². The lowest BCUT2D eigenvalue weighted by Gasteiger charge is -2.22. The molecule has 0 aliphatic rings. The molecule has 0 N–H and O–H groups in total. The average molecular weight is 397 g/mol. The van der Waals surface area contributed by atoms with Gasteiger partial charge >= 0.3 is 5.91 Å². The first-order valence-corrected chi connectivity index (χ1v) is 10.7. The average Bonchev–Trinajstić information content (AvgIpc) is 3.22. The minimum Gasteiger partial charge on any atom is -0.459 e. The van der Waals surface area contributed by atoms with Crippen LogP contribution in [0.4, 0.5) is 5.69 Å². The highest BCUT2D eigenvalue weighted by Crippen LogP contribution is 2.27. The second kappa shape index (κ2) is 8.44. The van der Waals surface area contributed by atoms with Crippen LogP contribution in [0.15, 0.2) is 76.2 Å². The van der Waals surface area contributed by atoms with Crippen molar-refractivity contribution in [3.05, 3.63) is 83.8 Å². The minimum atomic E-state index is -4.10. The van der Waals surface area contributed by atoms with Crippen molar-refractivity contribution >= 4 is 21.6 Å². The number of benzene rings is 2. The number of rotatable bonds is 7. The van der Waals surface area contributed by atoms with Crippen LogP contribution >= 0.6 is 0 Å². The predicted molar refractivity (Wildman–Crippen MR) is 109 cm³/mol. The van der Waals surface area contributed by atoms with Gasteiger partial charge in [-0.2, -0.15) is 4.31 Å². The van der Waals surface area contributed by atoms with Gasteiger partial charge in [0, 0.05) is 0 Å². The van der Waals surface area contributed by atoms with Gasteiger partial charge in [0.15, 0.2) is 5.76 Å². The fourth-order valence-corrected chi connectivity index (χ4v) is 4.26. The van der Waals surface area contributed by atoms with E-state index in [2.05, 4.69) is 6.92 Å². The summed E-state index contributed by atoms with van der Waals surface area (Å²) in [5.41, 5.74) is 2.31. The van der Waals surface area contributed by atoms with E-state index >= 15 is 0 Å². The van der Waals surface area contributed by atoms with E-state index in [9.17, 15) is 13.2 Å². The summed E-state index contributed by atoms with van der Waals surface area (Å²) in [6.45, 7) is 3.99. The summed E-state index contributed by atoms with van der Waals surface area (Å²) in [7, 11) is -4.10. The molecule has 146 valence electrons. The van der Waals surface area contributed by atoms with Crippen molar-refractivity contribution in [1.82, 2.24) is 0 Å². The van der Waals surface area contributed by atoms with Crippen molar-refractivity contribution in [3.63, 3.8) is 0 Å². The van der Waals surface area contributed by atoms with Crippen LogP contribution in [-0.4, -0.2) is 14.3 Å². The zero-order valence-corrected chi connectivity index (χ0v) is 16.8. The summed E-state index contributed by atoms with van der Waals surface area (Å²) in [5.74, 6) is -0.766. The summed E-state index contributed by atoms with van der Waals surface area (Å²) < 4.78 is 32.6. The van der Waals surface area contributed by atoms with Crippen molar-refractivity contribution in [2.75, 3.05) is 4.31 Å². The Labute approximate surface area is 165 Å². The van der Waals surface area contributed by atoms with E-state index < -0.39 is 15.9 Å². The van der Waals surface area contributed by atoms with E-state index in [0.717, 1.165) is 34.7 Å². The molecule has 0 saturated carbocycles. The first-order valence-electron chi connectivity index (χ1n) is 9.22. The maximum absolute atomic E-state index is 13.3. The van der Waals surface area contributed by atoms with Crippen molar-refractivity contribution in [2.24, 2.45) is 0 Å². The Morgan fingerprint density at radius 2 is 1.68 bits per heavy atom. The fraction of sp³-hybridized carbons (Fsp3) is 0.227. The summed E-state index contributed by atoms with van der Waals surface area (Å²) in [5, 5.41) is 0. The molecule has 1 heterocycles. The lowest BCUT2D eigenvalue weighted by molar-refractivity contribution is 0.0979. The van der Waals surface area contributed by atoms with Gasteiger partial charge in [-0.1, -0.05) is 43.2 Å². The Balaban J connectivity index is 2.05. The Morgan fingerprint density at radius 1 is 1.00 bits per heavy atom. The third-order valence-electron chi connectivity index (χ3n) is 4.47. The number of unbranched alkanes of at least 4 members (excludes halogenated alkanes) is 1. The molecule has 0 atom stereocenters. The molecule has 1 aromatic heterocycles.